The highest BCUT2D eigenvalue weighted by atomic mass is 16.5. The predicted octanol–water partition coefficient (Wildman–Crippen LogP) is 1.57. The molecule has 0 amide bonds. The highest BCUT2D eigenvalue weighted by molar-refractivity contribution is 5.91. The molecule has 0 radical (unpaired) electrons. The number of nitrogen functional groups attached to an aromatic ring is 1. The Morgan fingerprint density at radius 2 is 1.79 bits per heavy atom. The lowest BCUT2D eigenvalue weighted by atomic mass is 10.0. The summed E-state index contributed by atoms with van der Waals surface area (Å²) in [5.41, 5.74) is 8.04. The van der Waals surface area contributed by atoms with Crippen molar-refractivity contribution in [3.63, 3.8) is 0 Å². The molecule has 9 nitrogen and oxygen atoms in total. The molecule has 0 bridgehead atoms. The molecule has 2 aliphatic rings. The fourth-order valence-corrected chi connectivity index (χ4v) is 3.90. The van der Waals surface area contributed by atoms with Crippen LogP contribution in [0, 0.1) is 0 Å². The van der Waals surface area contributed by atoms with Crippen LogP contribution in [0.4, 0.5) is 11.8 Å². The van der Waals surface area contributed by atoms with Crippen molar-refractivity contribution in [2.24, 2.45) is 0 Å². The molecule has 0 aliphatic carbocycles. The van der Waals surface area contributed by atoms with Crippen molar-refractivity contribution in [1.82, 2.24) is 24.5 Å². The van der Waals surface area contributed by atoms with Gasteiger partial charge in [-0.1, -0.05) is 0 Å². The summed E-state index contributed by atoms with van der Waals surface area (Å²) in [6, 6.07) is 2.17. The van der Waals surface area contributed by atoms with Crippen LogP contribution in [0.3, 0.4) is 0 Å². The molecule has 3 aromatic rings. The fraction of sp³-hybridized carbons (Fsp3) is 0.474. The van der Waals surface area contributed by atoms with E-state index in [0.717, 1.165) is 47.7 Å². The van der Waals surface area contributed by atoms with E-state index in [1.807, 2.05) is 0 Å². The quantitative estimate of drug-likeness (QED) is 0.713. The van der Waals surface area contributed by atoms with E-state index in [1.54, 1.807) is 12.4 Å². The van der Waals surface area contributed by atoms with Gasteiger partial charge in [-0.2, -0.15) is 0 Å². The molecule has 5 heterocycles. The maximum absolute atomic E-state index is 6.00. The molecule has 5 rings (SSSR count). The summed E-state index contributed by atoms with van der Waals surface area (Å²) in [4.78, 5) is 20.3. The van der Waals surface area contributed by atoms with Gasteiger partial charge in [0.05, 0.1) is 36.5 Å². The van der Waals surface area contributed by atoms with Crippen LogP contribution in [-0.2, 0) is 21.6 Å². The van der Waals surface area contributed by atoms with Crippen LogP contribution in [0.5, 0.6) is 0 Å². The van der Waals surface area contributed by atoms with Gasteiger partial charge in [0.1, 0.15) is 17.1 Å². The Morgan fingerprint density at radius 3 is 2.54 bits per heavy atom. The predicted molar refractivity (Wildman–Crippen MR) is 105 cm³/mol. The maximum Gasteiger partial charge on any atom is 0.219 e. The van der Waals surface area contributed by atoms with Crippen LogP contribution in [-0.4, -0.2) is 57.4 Å². The fourth-order valence-electron chi connectivity index (χ4n) is 3.90. The highest BCUT2D eigenvalue weighted by Crippen LogP contribution is 2.37. The Labute approximate surface area is 162 Å². The number of fused-ring (bicyclic) bond motifs is 3. The Balaban J connectivity index is 1.75. The van der Waals surface area contributed by atoms with E-state index < -0.39 is 0 Å². The summed E-state index contributed by atoms with van der Waals surface area (Å²) in [5.74, 6) is 1.74. The third-order valence-electron chi connectivity index (χ3n) is 5.37. The molecule has 0 saturated carbocycles. The van der Waals surface area contributed by atoms with Crippen molar-refractivity contribution in [2.75, 3.05) is 43.5 Å². The Bertz CT molecular complexity index is 1020. The van der Waals surface area contributed by atoms with E-state index in [4.69, 9.17) is 25.2 Å². The minimum atomic E-state index is -0.369. The molecule has 2 N–H and O–H groups in total. The number of nitrogens with zero attached hydrogens (tertiary/aromatic N) is 6. The summed E-state index contributed by atoms with van der Waals surface area (Å²) in [5, 5.41) is 1.04. The molecule has 0 unspecified atom stereocenters. The lowest BCUT2D eigenvalue weighted by Crippen LogP contribution is -2.37. The lowest BCUT2D eigenvalue weighted by Gasteiger charge is -2.32. The molecule has 9 heteroatoms. The van der Waals surface area contributed by atoms with Crippen molar-refractivity contribution < 1.29 is 9.47 Å². The van der Waals surface area contributed by atoms with Crippen LogP contribution in [0.1, 0.15) is 19.5 Å². The topological polar surface area (TPSA) is 104 Å². The second-order valence-corrected chi connectivity index (χ2v) is 7.58. The van der Waals surface area contributed by atoms with Crippen LogP contribution in [0.25, 0.3) is 22.4 Å². The SMILES string of the molecule is CC1(C)OCCn2c1cc1c(N3CCOCC3)nc(-c3cnc(N)nc3)nc12. The van der Waals surface area contributed by atoms with Crippen LogP contribution in [0.2, 0.25) is 0 Å². The van der Waals surface area contributed by atoms with Crippen molar-refractivity contribution in [1.29, 1.82) is 0 Å². The second-order valence-electron chi connectivity index (χ2n) is 7.58. The zero-order chi connectivity index (χ0) is 19.3. The van der Waals surface area contributed by atoms with Crippen molar-refractivity contribution in [2.45, 2.75) is 26.0 Å². The zero-order valence-corrected chi connectivity index (χ0v) is 16.1. The Morgan fingerprint density at radius 1 is 1.04 bits per heavy atom. The first-order chi connectivity index (χ1) is 13.5. The number of nitrogens with two attached hydrogens (primary N) is 1. The number of aromatic nitrogens is 5. The molecule has 28 heavy (non-hydrogen) atoms. The summed E-state index contributed by atoms with van der Waals surface area (Å²) in [6.07, 6.45) is 3.33. The van der Waals surface area contributed by atoms with Gasteiger partial charge in [0.25, 0.3) is 0 Å². The van der Waals surface area contributed by atoms with Gasteiger partial charge in [-0.3, -0.25) is 0 Å². The second kappa shape index (κ2) is 6.39. The normalized spacial score (nSPS) is 19.0. The third kappa shape index (κ3) is 2.78. The lowest BCUT2D eigenvalue weighted by molar-refractivity contribution is -0.0494. The van der Waals surface area contributed by atoms with Crippen molar-refractivity contribution in [3.8, 4) is 11.4 Å². The van der Waals surface area contributed by atoms with Gasteiger partial charge < -0.3 is 24.7 Å². The Hall–Kier alpha value is -2.78. The number of hydrogen-bond donors (Lipinski definition) is 1. The average molecular weight is 381 g/mol. The molecule has 146 valence electrons. The summed E-state index contributed by atoms with van der Waals surface area (Å²) >= 11 is 0. The van der Waals surface area contributed by atoms with Crippen LogP contribution >= 0.6 is 0 Å². The highest BCUT2D eigenvalue weighted by Gasteiger charge is 2.32. The van der Waals surface area contributed by atoms with E-state index in [2.05, 4.69) is 39.3 Å². The third-order valence-corrected chi connectivity index (χ3v) is 5.37. The molecule has 0 atom stereocenters. The molecule has 1 saturated heterocycles. The summed E-state index contributed by atoms with van der Waals surface area (Å²) in [7, 11) is 0. The van der Waals surface area contributed by atoms with Crippen molar-refractivity contribution in [3.05, 3.63) is 24.2 Å². The number of rotatable bonds is 2. The zero-order valence-electron chi connectivity index (χ0n) is 16.1. The van der Waals surface area contributed by atoms with Gasteiger partial charge in [-0.05, 0) is 19.9 Å². The molecule has 2 aliphatic heterocycles. The Kier molecular flexibility index (Phi) is 3.95. The monoisotopic (exact) mass is 381 g/mol. The van der Waals surface area contributed by atoms with Gasteiger partial charge in [0.2, 0.25) is 5.95 Å². The van der Waals surface area contributed by atoms with E-state index in [1.165, 1.54) is 0 Å². The first-order valence-corrected chi connectivity index (χ1v) is 9.49. The van der Waals surface area contributed by atoms with Crippen LogP contribution in [0.15, 0.2) is 18.5 Å². The molecular weight excluding hydrogens is 358 g/mol. The van der Waals surface area contributed by atoms with Gasteiger partial charge in [-0.15, -0.1) is 0 Å². The molecule has 1 fully saturated rings. The molecule has 0 aromatic carbocycles. The standard InChI is InChI=1S/C19H23N7O2/c1-19(2)14-9-13-16(25-3-6-27-7-4-25)23-15(12-10-21-18(20)22-11-12)24-17(13)26(14)5-8-28-19/h9-11H,3-8H2,1-2H3,(H2,20,21,22). The van der Waals surface area contributed by atoms with E-state index in [-0.39, 0.29) is 11.5 Å². The number of ether oxygens (including phenoxy) is 2. The molecule has 0 spiro atoms. The molecule has 3 aromatic heterocycles. The number of anilines is 2. The summed E-state index contributed by atoms with van der Waals surface area (Å²) < 4.78 is 13.8. The van der Waals surface area contributed by atoms with Crippen LogP contribution < -0.4 is 10.6 Å². The minimum Gasteiger partial charge on any atom is -0.378 e. The van der Waals surface area contributed by atoms with Gasteiger partial charge in [0, 0.05) is 32.0 Å². The maximum atomic E-state index is 6.00. The van der Waals surface area contributed by atoms with Gasteiger partial charge in [0.15, 0.2) is 5.82 Å². The smallest absolute Gasteiger partial charge is 0.219 e. The first-order valence-electron chi connectivity index (χ1n) is 9.49. The van der Waals surface area contributed by atoms with E-state index >= 15 is 0 Å². The number of hydrogen-bond acceptors (Lipinski definition) is 8. The van der Waals surface area contributed by atoms with E-state index in [0.29, 0.717) is 25.6 Å². The van der Waals surface area contributed by atoms with Gasteiger partial charge in [-0.25, -0.2) is 19.9 Å². The van der Waals surface area contributed by atoms with Crippen molar-refractivity contribution >= 4 is 22.8 Å². The van der Waals surface area contributed by atoms with E-state index in [9.17, 15) is 0 Å². The minimum absolute atomic E-state index is 0.234. The largest absolute Gasteiger partial charge is 0.378 e. The first kappa shape index (κ1) is 17.3. The molecular formula is C19H23N7O2. The van der Waals surface area contributed by atoms with Gasteiger partial charge >= 0.3 is 0 Å². The number of morpholine rings is 1. The average Bonchev–Trinajstić information content (AvgIpc) is 3.09. The summed E-state index contributed by atoms with van der Waals surface area (Å²) in [6.45, 7) is 8.57.